The first-order valence-electron chi connectivity index (χ1n) is 5.22. The second-order valence-electron chi connectivity index (χ2n) is 3.58. The van der Waals surface area contributed by atoms with E-state index in [2.05, 4.69) is 31.1 Å². The highest BCUT2D eigenvalue weighted by Gasteiger charge is 2.13. The quantitative estimate of drug-likeness (QED) is 0.714. The van der Waals surface area contributed by atoms with E-state index in [-0.39, 0.29) is 5.75 Å². The van der Waals surface area contributed by atoms with Gasteiger partial charge in [-0.2, -0.15) is 4.68 Å². The van der Waals surface area contributed by atoms with Crippen LogP contribution in [0.1, 0.15) is 0 Å². The zero-order valence-corrected chi connectivity index (χ0v) is 10.6. The molecule has 0 aliphatic carbocycles. The molecule has 0 spiro atoms. The van der Waals surface area contributed by atoms with Gasteiger partial charge in [0.1, 0.15) is 5.75 Å². The number of aromatic hydroxyl groups is 1. The molecule has 9 nitrogen and oxygen atoms in total. The first-order chi connectivity index (χ1) is 9.24. The van der Waals surface area contributed by atoms with Crippen molar-refractivity contribution in [2.24, 2.45) is 7.05 Å². The summed E-state index contributed by atoms with van der Waals surface area (Å²) in [4.78, 5) is 0. The number of nitrogens with zero attached hydrogens (tertiary/aromatic N) is 8. The van der Waals surface area contributed by atoms with Gasteiger partial charge in [0.25, 0.3) is 0 Å². The maximum absolute atomic E-state index is 9.27. The molecule has 3 aromatic rings. The van der Waals surface area contributed by atoms with Crippen molar-refractivity contribution < 1.29 is 5.11 Å². The van der Waals surface area contributed by atoms with Gasteiger partial charge in [0.2, 0.25) is 10.3 Å². The van der Waals surface area contributed by atoms with Crippen LogP contribution < -0.4 is 0 Å². The standard InChI is InChI=1S/C9H8N8OS/c1-16-8(10-12-14-16)19-9-11-13-15-17(9)6-2-4-7(18)5-3-6/h2-5,18H,1H3. The topological polar surface area (TPSA) is 107 Å². The highest BCUT2D eigenvalue weighted by molar-refractivity contribution is 7.99. The van der Waals surface area contributed by atoms with Gasteiger partial charge in [-0.3, -0.25) is 0 Å². The number of phenols is 1. The first-order valence-corrected chi connectivity index (χ1v) is 6.03. The molecule has 0 aliphatic heterocycles. The van der Waals surface area contributed by atoms with E-state index < -0.39 is 0 Å². The second kappa shape index (κ2) is 4.65. The summed E-state index contributed by atoms with van der Waals surface area (Å²) in [6.07, 6.45) is 0. The summed E-state index contributed by atoms with van der Waals surface area (Å²) in [6.45, 7) is 0. The van der Waals surface area contributed by atoms with E-state index in [4.69, 9.17) is 0 Å². The summed E-state index contributed by atoms with van der Waals surface area (Å²) in [5.41, 5.74) is 0.737. The lowest BCUT2D eigenvalue weighted by atomic mass is 10.3. The van der Waals surface area contributed by atoms with Gasteiger partial charge in [0.05, 0.1) is 5.69 Å². The van der Waals surface area contributed by atoms with Gasteiger partial charge >= 0.3 is 0 Å². The number of aromatic nitrogens is 8. The van der Waals surface area contributed by atoms with E-state index >= 15 is 0 Å². The number of benzene rings is 1. The van der Waals surface area contributed by atoms with Crippen LogP contribution in [0, 0.1) is 0 Å². The molecule has 1 aromatic carbocycles. The fourth-order valence-corrected chi connectivity index (χ4v) is 2.10. The predicted octanol–water partition coefficient (Wildman–Crippen LogP) is 0.0426. The Morgan fingerprint density at radius 2 is 1.68 bits per heavy atom. The third kappa shape index (κ3) is 2.25. The van der Waals surface area contributed by atoms with Crippen LogP contribution in [-0.2, 0) is 7.05 Å². The van der Waals surface area contributed by atoms with E-state index in [0.29, 0.717) is 10.3 Å². The Morgan fingerprint density at radius 1 is 1.00 bits per heavy atom. The molecule has 0 amide bonds. The SMILES string of the molecule is Cn1nnnc1Sc1nnnn1-c1ccc(O)cc1. The Hall–Kier alpha value is -2.49. The third-order valence-electron chi connectivity index (χ3n) is 2.30. The minimum atomic E-state index is 0.184. The minimum Gasteiger partial charge on any atom is -0.508 e. The lowest BCUT2D eigenvalue weighted by molar-refractivity contribution is 0.475. The van der Waals surface area contributed by atoms with E-state index in [1.54, 1.807) is 36.0 Å². The Kier molecular flexibility index (Phi) is 2.83. The van der Waals surface area contributed by atoms with Crippen LogP contribution in [0.15, 0.2) is 34.6 Å². The van der Waals surface area contributed by atoms with Crippen molar-refractivity contribution in [3.05, 3.63) is 24.3 Å². The van der Waals surface area contributed by atoms with Crippen molar-refractivity contribution in [1.29, 1.82) is 0 Å². The normalized spacial score (nSPS) is 10.8. The lowest BCUT2D eigenvalue weighted by Crippen LogP contribution is -2.00. The molecule has 3 rings (SSSR count). The monoisotopic (exact) mass is 276 g/mol. The first kappa shape index (κ1) is 11.6. The third-order valence-corrected chi connectivity index (χ3v) is 3.26. The number of rotatable bonds is 3. The van der Waals surface area contributed by atoms with Gasteiger partial charge in [-0.15, -0.1) is 10.2 Å². The molecule has 0 fully saturated rings. The smallest absolute Gasteiger partial charge is 0.221 e. The average molecular weight is 276 g/mol. The molecule has 0 unspecified atom stereocenters. The summed E-state index contributed by atoms with van der Waals surface area (Å²) in [6, 6.07) is 6.56. The number of hydrogen-bond donors (Lipinski definition) is 1. The highest BCUT2D eigenvalue weighted by Crippen LogP contribution is 2.24. The molecule has 0 aliphatic rings. The van der Waals surface area contributed by atoms with Crippen LogP contribution in [0.25, 0.3) is 5.69 Å². The maximum Gasteiger partial charge on any atom is 0.221 e. The minimum absolute atomic E-state index is 0.184. The molecule has 0 radical (unpaired) electrons. The summed E-state index contributed by atoms with van der Waals surface area (Å²) < 4.78 is 3.07. The molecule has 1 N–H and O–H groups in total. The van der Waals surface area contributed by atoms with Gasteiger partial charge in [-0.05, 0) is 56.9 Å². The molecule has 0 bridgehead atoms. The Morgan fingerprint density at radius 3 is 2.37 bits per heavy atom. The zero-order valence-electron chi connectivity index (χ0n) is 9.74. The van der Waals surface area contributed by atoms with Gasteiger partial charge < -0.3 is 5.11 Å². The molecule has 2 heterocycles. The molecular weight excluding hydrogens is 268 g/mol. The van der Waals surface area contributed by atoms with Crippen molar-refractivity contribution in [3.8, 4) is 11.4 Å². The van der Waals surface area contributed by atoms with Crippen molar-refractivity contribution in [3.63, 3.8) is 0 Å². The Labute approximate surface area is 111 Å². The molecule has 96 valence electrons. The zero-order chi connectivity index (χ0) is 13.2. The number of aryl methyl sites for hydroxylation is 1. The number of hydrogen-bond acceptors (Lipinski definition) is 8. The second-order valence-corrected chi connectivity index (χ2v) is 4.51. The lowest BCUT2D eigenvalue weighted by Gasteiger charge is -2.03. The van der Waals surface area contributed by atoms with Gasteiger partial charge in [0.15, 0.2) is 0 Å². The van der Waals surface area contributed by atoms with Crippen LogP contribution in [0.4, 0.5) is 0 Å². The van der Waals surface area contributed by atoms with Crippen LogP contribution >= 0.6 is 11.8 Å². The van der Waals surface area contributed by atoms with E-state index in [0.717, 1.165) is 5.69 Å². The number of phenolic OH excluding ortho intramolecular Hbond substituents is 1. The largest absolute Gasteiger partial charge is 0.508 e. The van der Waals surface area contributed by atoms with E-state index in [1.165, 1.54) is 16.4 Å². The summed E-state index contributed by atoms with van der Waals surface area (Å²) in [5.74, 6) is 0.184. The van der Waals surface area contributed by atoms with Crippen LogP contribution in [-0.4, -0.2) is 45.5 Å². The number of tetrazole rings is 2. The maximum atomic E-state index is 9.27. The molecular formula is C9H8N8OS. The van der Waals surface area contributed by atoms with E-state index in [9.17, 15) is 5.11 Å². The molecule has 2 aromatic heterocycles. The fourth-order valence-electron chi connectivity index (χ4n) is 1.39. The molecule has 0 atom stereocenters. The van der Waals surface area contributed by atoms with Crippen molar-refractivity contribution in [2.75, 3.05) is 0 Å². The van der Waals surface area contributed by atoms with Gasteiger partial charge in [-0.1, -0.05) is 0 Å². The van der Waals surface area contributed by atoms with Crippen LogP contribution in [0.3, 0.4) is 0 Å². The molecule has 19 heavy (non-hydrogen) atoms. The molecule has 10 heteroatoms. The van der Waals surface area contributed by atoms with Crippen molar-refractivity contribution >= 4 is 11.8 Å². The Bertz CT molecular complexity index is 690. The predicted molar refractivity (Wildman–Crippen MR) is 63.7 cm³/mol. The summed E-state index contributed by atoms with van der Waals surface area (Å²) in [5, 5.41) is 33.0. The van der Waals surface area contributed by atoms with Crippen molar-refractivity contribution in [2.45, 2.75) is 10.3 Å². The average Bonchev–Trinajstić information content (AvgIpc) is 3.01. The van der Waals surface area contributed by atoms with Crippen molar-refractivity contribution in [1.82, 2.24) is 40.4 Å². The summed E-state index contributed by atoms with van der Waals surface area (Å²) in [7, 11) is 1.73. The highest BCUT2D eigenvalue weighted by atomic mass is 32.2. The molecule has 0 saturated carbocycles. The fraction of sp³-hybridized carbons (Fsp3) is 0.111. The van der Waals surface area contributed by atoms with Gasteiger partial charge in [-0.25, -0.2) is 4.68 Å². The van der Waals surface area contributed by atoms with E-state index in [1.807, 2.05) is 0 Å². The Balaban J connectivity index is 1.94. The summed E-state index contributed by atoms with van der Waals surface area (Å²) >= 11 is 1.24. The molecule has 0 saturated heterocycles. The van der Waals surface area contributed by atoms with Crippen LogP contribution in [0.5, 0.6) is 5.75 Å². The van der Waals surface area contributed by atoms with Gasteiger partial charge in [0, 0.05) is 7.05 Å². The van der Waals surface area contributed by atoms with Crippen LogP contribution in [0.2, 0.25) is 0 Å².